The zero-order valence-corrected chi connectivity index (χ0v) is 15.7. The number of halogens is 1. The van der Waals surface area contributed by atoms with E-state index in [1.165, 1.54) is 11.3 Å². The van der Waals surface area contributed by atoms with Gasteiger partial charge in [-0.1, -0.05) is 18.2 Å². The predicted octanol–water partition coefficient (Wildman–Crippen LogP) is 2.63. The smallest absolute Gasteiger partial charge is 0.191 e. The van der Waals surface area contributed by atoms with Crippen molar-refractivity contribution in [3.63, 3.8) is 0 Å². The van der Waals surface area contributed by atoms with Crippen molar-refractivity contribution in [2.75, 3.05) is 25.0 Å². The summed E-state index contributed by atoms with van der Waals surface area (Å²) in [5.41, 5.74) is 2.85. The van der Waals surface area contributed by atoms with Crippen LogP contribution in [0.5, 0.6) is 0 Å². The molecule has 0 bridgehead atoms. The summed E-state index contributed by atoms with van der Waals surface area (Å²) in [4.78, 5) is 6.71. The van der Waals surface area contributed by atoms with Crippen LogP contribution in [0.1, 0.15) is 26.3 Å². The number of aliphatic imine (C=N–C) groups is 1. The van der Waals surface area contributed by atoms with Crippen LogP contribution in [0.2, 0.25) is 0 Å². The van der Waals surface area contributed by atoms with E-state index in [2.05, 4.69) is 65.6 Å². The number of anilines is 1. The van der Waals surface area contributed by atoms with Crippen LogP contribution in [0, 0.1) is 0 Å². The number of rotatable bonds is 4. The van der Waals surface area contributed by atoms with E-state index in [1.807, 2.05) is 7.05 Å². The van der Waals surface area contributed by atoms with Gasteiger partial charge in [0.05, 0.1) is 0 Å². The first-order valence-corrected chi connectivity index (χ1v) is 7.43. The molecule has 2 rings (SSSR count). The molecule has 5 heteroatoms. The maximum absolute atomic E-state index is 4.23. The first kappa shape index (κ1) is 18.1. The van der Waals surface area contributed by atoms with E-state index in [4.69, 9.17) is 0 Å². The number of hydrogen-bond acceptors (Lipinski definition) is 2. The summed E-state index contributed by atoms with van der Waals surface area (Å²) in [5, 5.41) is 6.68. The maximum Gasteiger partial charge on any atom is 0.191 e. The van der Waals surface area contributed by atoms with Gasteiger partial charge in [-0.05, 0) is 38.8 Å². The number of nitrogens with one attached hydrogen (secondary N) is 2. The molecule has 0 aliphatic carbocycles. The van der Waals surface area contributed by atoms with E-state index in [-0.39, 0.29) is 24.0 Å². The third-order valence-corrected chi connectivity index (χ3v) is 3.64. The normalized spacial score (nSPS) is 17.5. The second-order valence-electron chi connectivity index (χ2n) is 5.67. The monoisotopic (exact) mass is 402 g/mol. The van der Waals surface area contributed by atoms with Gasteiger partial charge in [-0.25, -0.2) is 0 Å². The van der Waals surface area contributed by atoms with Gasteiger partial charge in [-0.2, -0.15) is 0 Å². The van der Waals surface area contributed by atoms with Crippen molar-refractivity contribution < 1.29 is 0 Å². The SMILES string of the molecule is CN=C(NCCN1c2ccccc2CC1C)NC(C)C.I. The molecule has 0 amide bonds. The van der Waals surface area contributed by atoms with Gasteiger partial charge in [0.1, 0.15) is 0 Å². The van der Waals surface area contributed by atoms with Crippen LogP contribution in [0.4, 0.5) is 5.69 Å². The lowest BCUT2D eigenvalue weighted by Gasteiger charge is -2.25. The zero-order valence-electron chi connectivity index (χ0n) is 13.4. The van der Waals surface area contributed by atoms with Crippen molar-refractivity contribution in [3.05, 3.63) is 29.8 Å². The standard InChI is InChI=1S/C16H26N4.HI/c1-12(2)19-16(17-4)18-9-10-20-13(3)11-14-7-5-6-8-15(14)20;/h5-8,12-13H,9-11H2,1-4H3,(H2,17,18,19);1H. The highest BCUT2D eigenvalue weighted by Gasteiger charge is 2.24. The van der Waals surface area contributed by atoms with Crippen LogP contribution in [-0.4, -0.2) is 38.2 Å². The van der Waals surface area contributed by atoms with Crippen molar-refractivity contribution in [1.29, 1.82) is 0 Å². The summed E-state index contributed by atoms with van der Waals surface area (Å²) >= 11 is 0. The first-order chi connectivity index (χ1) is 9.61. The topological polar surface area (TPSA) is 39.7 Å². The van der Waals surface area contributed by atoms with E-state index in [1.54, 1.807) is 0 Å². The van der Waals surface area contributed by atoms with Crippen LogP contribution in [0.3, 0.4) is 0 Å². The third kappa shape index (κ3) is 4.76. The molecule has 1 atom stereocenters. The zero-order chi connectivity index (χ0) is 14.5. The average molecular weight is 402 g/mol. The molecule has 0 radical (unpaired) electrons. The van der Waals surface area contributed by atoms with Crippen molar-refractivity contribution >= 4 is 35.6 Å². The minimum absolute atomic E-state index is 0. The van der Waals surface area contributed by atoms with Gasteiger partial charge in [0.2, 0.25) is 0 Å². The maximum atomic E-state index is 4.23. The molecule has 2 N–H and O–H groups in total. The number of hydrogen-bond donors (Lipinski definition) is 2. The van der Waals surface area contributed by atoms with Gasteiger partial charge >= 0.3 is 0 Å². The molecule has 21 heavy (non-hydrogen) atoms. The van der Waals surface area contributed by atoms with Crippen LogP contribution < -0.4 is 15.5 Å². The number of benzene rings is 1. The van der Waals surface area contributed by atoms with Crippen LogP contribution in [0.15, 0.2) is 29.3 Å². The Morgan fingerprint density at radius 3 is 2.76 bits per heavy atom. The van der Waals surface area contributed by atoms with Crippen LogP contribution >= 0.6 is 24.0 Å². The summed E-state index contributed by atoms with van der Waals surface area (Å²) in [6, 6.07) is 9.68. The minimum Gasteiger partial charge on any atom is -0.367 e. The molecule has 118 valence electrons. The summed E-state index contributed by atoms with van der Waals surface area (Å²) in [5.74, 6) is 0.875. The summed E-state index contributed by atoms with van der Waals surface area (Å²) in [7, 11) is 1.81. The second kappa shape index (κ2) is 8.46. The predicted molar refractivity (Wildman–Crippen MR) is 102 cm³/mol. The fraction of sp³-hybridized carbons (Fsp3) is 0.562. The molecule has 4 nitrogen and oxygen atoms in total. The van der Waals surface area contributed by atoms with Crippen molar-refractivity contribution in [2.45, 2.75) is 39.3 Å². The Kier molecular flexibility index (Phi) is 7.28. The van der Waals surface area contributed by atoms with Gasteiger partial charge in [0.15, 0.2) is 5.96 Å². The number of guanidine groups is 1. The van der Waals surface area contributed by atoms with Crippen LogP contribution in [-0.2, 0) is 6.42 Å². The third-order valence-electron chi connectivity index (χ3n) is 3.64. The van der Waals surface area contributed by atoms with Gasteiger partial charge in [-0.3, -0.25) is 4.99 Å². The molecule has 1 aliphatic heterocycles. The van der Waals surface area contributed by atoms with Gasteiger partial charge in [-0.15, -0.1) is 24.0 Å². The van der Waals surface area contributed by atoms with Gasteiger partial charge < -0.3 is 15.5 Å². The Hall–Kier alpha value is -0.980. The Morgan fingerprint density at radius 2 is 2.10 bits per heavy atom. The molecule has 0 spiro atoms. The molecule has 1 aromatic rings. The highest BCUT2D eigenvalue weighted by molar-refractivity contribution is 14.0. The first-order valence-electron chi connectivity index (χ1n) is 7.43. The average Bonchev–Trinajstić information content (AvgIpc) is 2.73. The van der Waals surface area contributed by atoms with Crippen LogP contribution in [0.25, 0.3) is 0 Å². The minimum atomic E-state index is 0. The second-order valence-corrected chi connectivity index (χ2v) is 5.67. The molecule has 1 aliphatic rings. The van der Waals surface area contributed by atoms with Crippen molar-refractivity contribution in [2.24, 2.45) is 4.99 Å². The Labute approximate surface area is 145 Å². The number of fused-ring (bicyclic) bond motifs is 1. The quantitative estimate of drug-likeness (QED) is 0.462. The molecule has 0 saturated carbocycles. The van der Waals surface area contributed by atoms with E-state index >= 15 is 0 Å². The fourth-order valence-electron chi connectivity index (χ4n) is 2.73. The Morgan fingerprint density at radius 1 is 1.38 bits per heavy atom. The largest absolute Gasteiger partial charge is 0.367 e. The van der Waals surface area contributed by atoms with Crippen molar-refractivity contribution in [1.82, 2.24) is 10.6 Å². The van der Waals surface area contributed by atoms with Crippen molar-refractivity contribution in [3.8, 4) is 0 Å². The van der Waals surface area contributed by atoms with E-state index in [0.29, 0.717) is 12.1 Å². The lowest BCUT2D eigenvalue weighted by atomic mass is 10.1. The summed E-state index contributed by atoms with van der Waals surface area (Å²) < 4.78 is 0. The van der Waals surface area contributed by atoms with E-state index < -0.39 is 0 Å². The molecule has 1 unspecified atom stereocenters. The fourth-order valence-corrected chi connectivity index (χ4v) is 2.73. The van der Waals surface area contributed by atoms with Gasteiger partial charge in [0, 0.05) is 37.9 Å². The molecule has 1 heterocycles. The molecule has 0 fully saturated rings. The lowest BCUT2D eigenvalue weighted by Crippen LogP contribution is -2.44. The number of para-hydroxylation sites is 1. The Bertz CT molecular complexity index is 473. The highest BCUT2D eigenvalue weighted by atomic mass is 127. The molecule has 0 saturated heterocycles. The molecule has 0 aromatic heterocycles. The number of nitrogens with zero attached hydrogens (tertiary/aromatic N) is 2. The highest BCUT2D eigenvalue weighted by Crippen LogP contribution is 2.30. The molecule has 1 aromatic carbocycles. The van der Waals surface area contributed by atoms with Gasteiger partial charge in [0.25, 0.3) is 0 Å². The van der Waals surface area contributed by atoms with E-state index in [0.717, 1.165) is 25.5 Å². The summed E-state index contributed by atoms with van der Waals surface area (Å²) in [6.07, 6.45) is 1.15. The lowest BCUT2D eigenvalue weighted by molar-refractivity contribution is 0.648. The Balaban J connectivity index is 0.00000220. The summed E-state index contributed by atoms with van der Waals surface area (Å²) in [6.45, 7) is 8.42. The molecular formula is C16H27IN4. The molecular weight excluding hydrogens is 375 g/mol. The van der Waals surface area contributed by atoms with E-state index in [9.17, 15) is 0 Å².